The second-order valence-electron chi connectivity index (χ2n) is 11.3. The number of nitrogens with one attached hydrogen (secondary N) is 1. The Hall–Kier alpha value is -3.56. The van der Waals surface area contributed by atoms with E-state index >= 15 is 0 Å². The predicted octanol–water partition coefficient (Wildman–Crippen LogP) is 7.54. The van der Waals surface area contributed by atoms with Gasteiger partial charge >= 0.3 is 0 Å². The van der Waals surface area contributed by atoms with Crippen molar-refractivity contribution in [3.8, 4) is 0 Å². The number of hydrogen-bond donors (Lipinski definition) is 1. The van der Waals surface area contributed by atoms with Gasteiger partial charge < -0.3 is 10.2 Å². The van der Waals surface area contributed by atoms with Crippen LogP contribution in [0, 0.1) is 0 Å². The molecule has 1 fully saturated rings. The number of sulfonamides is 1. The third-order valence-corrected chi connectivity index (χ3v) is 10.8. The summed E-state index contributed by atoms with van der Waals surface area (Å²) in [6, 6.07) is 27.8. The average Bonchev–Trinajstić information content (AvgIpc) is 3.57. The molecule has 1 N–H and O–H groups in total. The third kappa shape index (κ3) is 8.42. The van der Waals surface area contributed by atoms with Gasteiger partial charge in [-0.25, -0.2) is 8.42 Å². The van der Waals surface area contributed by atoms with Gasteiger partial charge in [-0.2, -0.15) is 0 Å². The Labute approximate surface area is 285 Å². The molecule has 4 aromatic rings. The summed E-state index contributed by atoms with van der Waals surface area (Å²) in [5.74, 6) is -0.854. The molecule has 1 atom stereocenters. The second kappa shape index (κ2) is 15.4. The van der Waals surface area contributed by atoms with E-state index in [0.717, 1.165) is 41.1 Å². The van der Waals surface area contributed by atoms with Gasteiger partial charge in [0.25, 0.3) is 10.0 Å². The maximum atomic E-state index is 14.6. The van der Waals surface area contributed by atoms with E-state index in [1.54, 1.807) is 42.5 Å². The van der Waals surface area contributed by atoms with Crippen molar-refractivity contribution in [3.63, 3.8) is 0 Å². The van der Waals surface area contributed by atoms with Crippen LogP contribution in [0.4, 0.5) is 5.69 Å². The van der Waals surface area contributed by atoms with Crippen LogP contribution in [0.2, 0.25) is 15.1 Å². The average molecular weight is 699 g/mol. The maximum absolute atomic E-state index is 14.6. The van der Waals surface area contributed by atoms with E-state index in [9.17, 15) is 18.0 Å². The molecule has 1 saturated carbocycles. The molecule has 0 spiro atoms. The van der Waals surface area contributed by atoms with Crippen molar-refractivity contribution >= 4 is 62.3 Å². The zero-order valence-electron chi connectivity index (χ0n) is 25.0. The SMILES string of the molecule is O=C(NC1CCCC1)C(Cc1ccccc1)N(Cc1ccc(Cl)cc1)C(=O)CN(c1ccc(Cl)c(Cl)c1)S(=O)(=O)c1ccccc1. The number of carbonyl (C=O) groups is 2. The second-order valence-corrected chi connectivity index (χ2v) is 14.4. The number of anilines is 1. The zero-order valence-corrected chi connectivity index (χ0v) is 28.1. The minimum Gasteiger partial charge on any atom is -0.352 e. The first kappa shape index (κ1) is 33.8. The molecule has 0 aromatic heterocycles. The first-order chi connectivity index (χ1) is 22.1. The van der Waals surface area contributed by atoms with Crippen LogP contribution < -0.4 is 9.62 Å². The number of benzene rings is 4. The molecular formula is C35H34Cl3N3O4S. The number of halogens is 3. The smallest absolute Gasteiger partial charge is 0.264 e. The first-order valence-electron chi connectivity index (χ1n) is 15.0. The molecule has 1 unspecified atom stereocenters. The Bertz CT molecular complexity index is 1750. The summed E-state index contributed by atoms with van der Waals surface area (Å²) in [7, 11) is -4.25. The van der Waals surface area contributed by atoms with Crippen molar-refractivity contribution in [1.29, 1.82) is 0 Å². The highest BCUT2D eigenvalue weighted by molar-refractivity contribution is 7.92. The van der Waals surface area contributed by atoms with Crippen LogP contribution in [0.3, 0.4) is 0 Å². The summed E-state index contributed by atoms with van der Waals surface area (Å²) in [5.41, 5.74) is 1.76. The fourth-order valence-corrected chi connectivity index (χ4v) is 7.44. The lowest BCUT2D eigenvalue weighted by molar-refractivity contribution is -0.140. The molecule has 0 radical (unpaired) electrons. The van der Waals surface area contributed by atoms with Gasteiger partial charge in [0.2, 0.25) is 11.8 Å². The molecule has 5 rings (SSSR count). The van der Waals surface area contributed by atoms with Gasteiger partial charge in [0.05, 0.1) is 20.6 Å². The first-order valence-corrected chi connectivity index (χ1v) is 17.6. The number of hydrogen-bond acceptors (Lipinski definition) is 4. The van der Waals surface area contributed by atoms with Gasteiger partial charge in [-0.1, -0.05) is 108 Å². The van der Waals surface area contributed by atoms with Gasteiger partial charge in [-0.15, -0.1) is 0 Å². The van der Waals surface area contributed by atoms with Crippen molar-refractivity contribution in [2.24, 2.45) is 0 Å². The van der Waals surface area contributed by atoms with E-state index in [1.807, 2.05) is 30.3 Å². The van der Waals surface area contributed by atoms with Crippen molar-refractivity contribution in [2.75, 3.05) is 10.8 Å². The van der Waals surface area contributed by atoms with Crippen molar-refractivity contribution < 1.29 is 18.0 Å². The predicted molar refractivity (Wildman–Crippen MR) is 184 cm³/mol. The Morgan fingerprint density at radius 3 is 2.04 bits per heavy atom. The number of carbonyl (C=O) groups excluding carboxylic acids is 2. The molecule has 46 heavy (non-hydrogen) atoms. The number of amides is 2. The lowest BCUT2D eigenvalue weighted by atomic mass is 10.0. The van der Waals surface area contributed by atoms with E-state index in [1.165, 1.54) is 35.2 Å². The minimum absolute atomic E-state index is 0.00191. The van der Waals surface area contributed by atoms with Crippen LogP contribution in [0.5, 0.6) is 0 Å². The normalized spacial score (nSPS) is 14.1. The Morgan fingerprint density at radius 1 is 0.783 bits per heavy atom. The molecule has 11 heteroatoms. The van der Waals surface area contributed by atoms with Crippen molar-refractivity contribution in [2.45, 2.75) is 55.6 Å². The highest BCUT2D eigenvalue weighted by atomic mass is 35.5. The topological polar surface area (TPSA) is 86.8 Å². The van der Waals surface area contributed by atoms with Gasteiger partial charge in [-0.3, -0.25) is 13.9 Å². The zero-order chi connectivity index (χ0) is 32.7. The number of rotatable bonds is 12. The highest BCUT2D eigenvalue weighted by Gasteiger charge is 2.35. The molecule has 4 aromatic carbocycles. The summed E-state index contributed by atoms with van der Waals surface area (Å²) in [5, 5.41) is 4.07. The molecule has 2 amide bonds. The van der Waals surface area contributed by atoms with Crippen LogP contribution in [0.1, 0.15) is 36.8 Å². The van der Waals surface area contributed by atoms with Crippen LogP contribution in [0.15, 0.2) is 108 Å². The molecule has 0 bridgehead atoms. The molecule has 240 valence electrons. The van der Waals surface area contributed by atoms with Crippen LogP contribution >= 0.6 is 34.8 Å². The third-order valence-electron chi connectivity index (χ3n) is 8.04. The molecule has 0 saturated heterocycles. The fourth-order valence-electron chi connectivity index (χ4n) is 5.60. The molecule has 0 aliphatic heterocycles. The lowest BCUT2D eigenvalue weighted by Crippen LogP contribution is -2.54. The molecule has 1 aliphatic carbocycles. The summed E-state index contributed by atoms with van der Waals surface area (Å²) in [6.45, 7) is -0.545. The van der Waals surface area contributed by atoms with E-state index in [2.05, 4.69) is 5.32 Å². The fraction of sp³-hybridized carbons (Fsp3) is 0.257. The summed E-state index contributed by atoms with van der Waals surface area (Å²) in [6.07, 6.45) is 4.02. The van der Waals surface area contributed by atoms with Gasteiger partial charge in [0.1, 0.15) is 12.6 Å². The maximum Gasteiger partial charge on any atom is 0.264 e. The largest absolute Gasteiger partial charge is 0.352 e. The number of nitrogens with zero attached hydrogens (tertiary/aromatic N) is 2. The Kier molecular flexibility index (Phi) is 11.3. The quantitative estimate of drug-likeness (QED) is 0.166. The van der Waals surface area contributed by atoms with Crippen molar-refractivity contribution in [1.82, 2.24) is 10.2 Å². The van der Waals surface area contributed by atoms with Crippen LogP contribution in [0.25, 0.3) is 0 Å². The Morgan fingerprint density at radius 2 is 1.41 bits per heavy atom. The molecule has 0 heterocycles. The molecular weight excluding hydrogens is 665 g/mol. The summed E-state index contributed by atoms with van der Waals surface area (Å²) in [4.78, 5) is 30.1. The lowest BCUT2D eigenvalue weighted by Gasteiger charge is -2.34. The molecule has 7 nitrogen and oxygen atoms in total. The van der Waals surface area contributed by atoms with Gasteiger partial charge in [0.15, 0.2) is 0 Å². The van der Waals surface area contributed by atoms with Crippen LogP contribution in [-0.4, -0.2) is 43.8 Å². The van der Waals surface area contributed by atoms with Crippen LogP contribution in [-0.2, 0) is 32.6 Å². The summed E-state index contributed by atoms with van der Waals surface area (Å²) < 4.78 is 29.2. The Balaban J connectivity index is 1.57. The van der Waals surface area contributed by atoms with Crippen molar-refractivity contribution in [3.05, 3.63) is 129 Å². The summed E-state index contributed by atoms with van der Waals surface area (Å²) >= 11 is 18.6. The van der Waals surface area contributed by atoms with Gasteiger partial charge in [-0.05, 0) is 66.4 Å². The highest BCUT2D eigenvalue weighted by Crippen LogP contribution is 2.31. The molecule has 1 aliphatic rings. The minimum atomic E-state index is -4.25. The standard InChI is InChI=1S/C35H34Cl3N3O4S/c36-27-17-15-26(16-18-27)23-40(33(21-25-9-3-1-4-10-25)35(43)39-28-11-7-8-12-28)34(42)24-41(29-19-20-31(37)32(38)22-29)46(44,45)30-13-5-2-6-14-30/h1-6,9-10,13-20,22,28,33H,7-8,11-12,21,23-24H2,(H,39,43). The van der Waals surface area contributed by atoms with E-state index in [-0.39, 0.29) is 45.5 Å². The van der Waals surface area contributed by atoms with Gasteiger partial charge in [0, 0.05) is 24.0 Å². The van der Waals surface area contributed by atoms with E-state index in [0.29, 0.717) is 5.02 Å². The van der Waals surface area contributed by atoms with E-state index < -0.39 is 28.5 Å². The van der Waals surface area contributed by atoms with E-state index in [4.69, 9.17) is 34.8 Å². The monoisotopic (exact) mass is 697 g/mol.